The lowest BCUT2D eigenvalue weighted by atomic mass is 10.1. The zero-order chi connectivity index (χ0) is 16.7. The van der Waals surface area contributed by atoms with E-state index >= 15 is 0 Å². The van der Waals surface area contributed by atoms with Gasteiger partial charge in [0.2, 0.25) is 0 Å². The smallest absolute Gasteiger partial charge is 0.132 e. The molecule has 2 unspecified atom stereocenters. The largest absolute Gasteiger partial charge is 0.381 e. The Morgan fingerprint density at radius 3 is 1.44 bits per heavy atom. The molecule has 0 saturated heterocycles. The Labute approximate surface area is 159 Å². The predicted molar refractivity (Wildman–Crippen MR) is 113 cm³/mol. The first-order chi connectivity index (χ1) is 9.90. The van der Waals surface area contributed by atoms with Gasteiger partial charge < -0.3 is 9.47 Å². The van der Waals surface area contributed by atoms with E-state index < -0.39 is 0 Å². The van der Waals surface area contributed by atoms with Crippen LogP contribution in [0.1, 0.15) is 89.5 Å². The lowest BCUT2D eigenvalue weighted by Gasteiger charge is -2.10. The lowest BCUT2D eigenvalue weighted by molar-refractivity contribution is -0.120. The minimum absolute atomic E-state index is 0. The molecule has 2 atom stereocenters. The highest BCUT2D eigenvalue weighted by Crippen LogP contribution is 2.04. The molecule has 0 fully saturated rings. The summed E-state index contributed by atoms with van der Waals surface area (Å²) in [6.07, 6.45) is 8.20. The zero-order valence-electron chi connectivity index (χ0n) is 14.5. The van der Waals surface area contributed by atoms with Crippen molar-refractivity contribution in [2.75, 3.05) is 14.2 Å². The number of ether oxygens (including phenoxy) is 2. The number of ketones is 2. The molecular formula is C21H48O4. The van der Waals surface area contributed by atoms with Gasteiger partial charge in [-0.15, -0.1) is 0 Å². The molecule has 25 heavy (non-hydrogen) atoms. The minimum Gasteiger partial charge on any atom is -0.381 e. The molecule has 0 aromatic heterocycles. The molecule has 0 spiro atoms. The van der Waals surface area contributed by atoms with Crippen LogP contribution >= 0.6 is 0 Å². The number of carbonyl (C=O) groups is 2. The summed E-state index contributed by atoms with van der Waals surface area (Å²) in [6, 6.07) is 0. The first-order valence-corrected chi connectivity index (χ1v) is 7.60. The number of hydrogen-bond donors (Lipinski definition) is 0. The van der Waals surface area contributed by atoms with Crippen LogP contribution in [0.15, 0.2) is 12.2 Å². The van der Waals surface area contributed by atoms with Crippen molar-refractivity contribution in [1.82, 2.24) is 0 Å². The molecule has 0 aliphatic heterocycles. The van der Waals surface area contributed by atoms with Crippen molar-refractivity contribution in [2.24, 2.45) is 0 Å². The van der Waals surface area contributed by atoms with Gasteiger partial charge in [0, 0.05) is 27.1 Å². The first kappa shape index (κ1) is 39.2. The number of hydrogen-bond acceptors (Lipinski definition) is 4. The molecular weight excluding hydrogens is 316 g/mol. The average Bonchev–Trinajstić information content (AvgIpc) is 2.43. The Hall–Kier alpha value is -1.00. The minimum atomic E-state index is 0. The molecule has 0 amide bonds. The second kappa shape index (κ2) is 27.8. The molecule has 4 nitrogen and oxygen atoms in total. The van der Waals surface area contributed by atoms with E-state index in [0.717, 1.165) is 19.3 Å². The van der Waals surface area contributed by atoms with Crippen LogP contribution in [0, 0.1) is 0 Å². The van der Waals surface area contributed by atoms with Gasteiger partial charge in [-0.3, -0.25) is 9.59 Å². The third-order valence-electron chi connectivity index (χ3n) is 2.95. The van der Waals surface area contributed by atoms with Crippen LogP contribution in [-0.2, 0) is 19.1 Å². The maximum atomic E-state index is 10.7. The molecule has 0 rings (SSSR count). The van der Waals surface area contributed by atoms with Crippen molar-refractivity contribution in [3.8, 4) is 0 Å². The Morgan fingerprint density at radius 1 is 0.800 bits per heavy atom. The van der Waals surface area contributed by atoms with Crippen LogP contribution < -0.4 is 0 Å². The predicted octanol–water partition coefficient (Wildman–Crippen LogP) is 6.27. The molecule has 0 radical (unpaired) electrons. The number of methoxy groups -OCH3 is 2. The summed E-state index contributed by atoms with van der Waals surface area (Å²) in [5.74, 6) is 0.385. The fourth-order valence-electron chi connectivity index (χ4n) is 1.71. The quantitative estimate of drug-likeness (QED) is 0.428. The fraction of sp³-hybridized carbons (Fsp3) is 0.810. The Morgan fingerprint density at radius 2 is 1.20 bits per heavy atom. The Bertz CT molecular complexity index is 294. The van der Waals surface area contributed by atoms with Gasteiger partial charge in [-0.25, -0.2) is 0 Å². The SMILES string of the molecule is C.C.C.C.CCC(CC(C)=O)OC.CCC=CCC(CC(C)=O)OC. The third-order valence-corrected chi connectivity index (χ3v) is 2.95. The topological polar surface area (TPSA) is 52.6 Å². The third kappa shape index (κ3) is 31.3. The van der Waals surface area contributed by atoms with Crippen LogP contribution in [-0.4, -0.2) is 38.0 Å². The molecule has 156 valence electrons. The van der Waals surface area contributed by atoms with E-state index in [2.05, 4.69) is 19.1 Å². The number of carbonyl (C=O) groups excluding carboxylic acids is 2. The summed E-state index contributed by atoms with van der Waals surface area (Å²) in [4.78, 5) is 21.2. The summed E-state index contributed by atoms with van der Waals surface area (Å²) >= 11 is 0. The van der Waals surface area contributed by atoms with Gasteiger partial charge in [-0.05, 0) is 33.1 Å². The van der Waals surface area contributed by atoms with E-state index in [1.54, 1.807) is 28.1 Å². The van der Waals surface area contributed by atoms with E-state index in [9.17, 15) is 9.59 Å². The van der Waals surface area contributed by atoms with Gasteiger partial charge in [0.25, 0.3) is 0 Å². The summed E-state index contributed by atoms with van der Waals surface area (Å²) in [7, 11) is 3.28. The second-order valence-electron chi connectivity index (χ2n) is 5.05. The Kier molecular flexibility index (Phi) is 43.6. The van der Waals surface area contributed by atoms with Crippen LogP contribution in [0.2, 0.25) is 0 Å². The fourth-order valence-corrected chi connectivity index (χ4v) is 1.71. The monoisotopic (exact) mass is 364 g/mol. The van der Waals surface area contributed by atoms with E-state index in [1.807, 2.05) is 6.92 Å². The highest BCUT2D eigenvalue weighted by atomic mass is 16.5. The maximum absolute atomic E-state index is 10.7. The molecule has 0 aromatic rings. The van der Waals surface area contributed by atoms with Crippen molar-refractivity contribution in [1.29, 1.82) is 0 Å². The molecule has 0 N–H and O–H groups in total. The van der Waals surface area contributed by atoms with Crippen molar-refractivity contribution in [2.45, 2.75) is 102 Å². The van der Waals surface area contributed by atoms with Gasteiger partial charge in [0.1, 0.15) is 11.6 Å². The van der Waals surface area contributed by atoms with Crippen molar-refractivity contribution < 1.29 is 19.1 Å². The maximum Gasteiger partial charge on any atom is 0.132 e. The van der Waals surface area contributed by atoms with E-state index in [-0.39, 0.29) is 53.5 Å². The van der Waals surface area contributed by atoms with Crippen LogP contribution in [0.4, 0.5) is 0 Å². The van der Waals surface area contributed by atoms with Crippen LogP contribution in [0.5, 0.6) is 0 Å². The van der Waals surface area contributed by atoms with E-state index in [0.29, 0.717) is 12.8 Å². The average molecular weight is 365 g/mol. The lowest BCUT2D eigenvalue weighted by Crippen LogP contribution is -2.13. The van der Waals surface area contributed by atoms with Crippen LogP contribution in [0.3, 0.4) is 0 Å². The molecule has 0 heterocycles. The zero-order valence-corrected chi connectivity index (χ0v) is 14.5. The number of rotatable bonds is 10. The molecule has 0 bridgehead atoms. The summed E-state index contributed by atoms with van der Waals surface area (Å²) < 4.78 is 10.1. The van der Waals surface area contributed by atoms with Crippen molar-refractivity contribution in [3.05, 3.63) is 12.2 Å². The number of Topliss-reactive ketones (excluding diaryl/α,β-unsaturated/α-hetero) is 2. The standard InChI is InChI=1S/C10H18O2.C7H14O2.4CH4/c1-4-5-6-7-10(12-3)8-9(2)11;1-4-7(9-3)5-6(2)8;;;;/h5-6,10H,4,7-8H2,1-3H3;7H,4-5H2,1-3H3;4*1H4. The van der Waals surface area contributed by atoms with Crippen molar-refractivity contribution in [3.63, 3.8) is 0 Å². The Balaban J connectivity index is -0.0000000639. The highest BCUT2D eigenvalue weighted by molar-refractivity contribution is 5.76. The normalized spacial score (nSPS) is 11.3. The molecule has 0 aliphatic carbocycles. The van der Waals surface area contributed by atoms with Gasteiger partial charge in [-0.2, -0.15) is 0 Å². The molecule has 0 aromatic carbocycles. The van der Waals surface area contributed by atoms with Gasteiger partial charge in [0.15, 0.2) is 0 Å². The summed E-state index contributed by atoms with van der Waals surface area (Å²) in [5.41, 5.74) is 0. The molecule has 0 aliphatic rings. The van der Waals surface area contributed by atoms with Gasteiger partial charge >= 0.3 is 0 Å². The molecule has 0 saturated carbocycles. The first-order valence-electron chi connectivity index (χ1n) is 7.60. The van der Waals surface area contributed by atoms with Gasteiger partial charge in [0.05, 0.1) is 12.2 Å². The molecule has 4 heteroatoms. The summed E-state index contributed by atoms with van der Waals surface area (Å²) in [6.45, 7) is 7.28. The van der Waals surface area contributed by atoms with Crippen LogP contribution in [0.25, 0.3) is 0 Å². The second-order valence-corrected chi connectivity index (χ2v) is 5.05. The summed E-state index contributed by atoms with van der Waals surface area (Å²) in [5, 5.41) is 0. The highest BCUT2D eigenvalue weighted by Gasteiger charge is 2.07. The number of allylic oxidation sites excluding steroid dienone is 1. The van der Waals surface area contributed by atoms with Gasteiger partial charge in [-0.1, -0.05) is 55.7 Å². The van der Waals surface area contributed by atoms with Crippen molar-refractivity contribution >= 4 is 11.6 Å². The van der Waals surface area contributed by atoms with E-state index in [4.69, 9.17) is 9.47 Å². The van der Waals surface area contributed by atoms with E-state index in [1.165, 1.54) is 0 Å².